The van der Waals surface area contributed by atoms with Gasteiger partial charge in [0.05, 0.1) is 16.3 Å². The maximum atomic E-state index is 14.5. The zero-order valence-corrected chi connectivity index (χ0v) is 18.7. The number of aromatic nitrogens is 1. The van der Waals surface area contributed by atoms with Gasteiger partial charge in [-0.05, 0) is 48.4 Å². The highest BCUT2D eigenvalue weighted by atomic mass is 35.5. The molecule has 9 heteroatoms. The molecule has 0 fully saturated rings. The summed E-state index contributed by atoms with van der Waals surface area (Å²) in [5.74, 6) is 4.01. The molecule has 0 saturated carbocycles. The van der Waals surface area contributed by atoms with E-state index < -0.39 is 29.2 Å². The van der Waals surface area contributed by atoms with Gasteiger partial charge < -0.3 is 10.1 Å². The number of halogens is 5. The van der Waals surface area contributed by atoms with E-state index >= 15 is 0 Å². The number of nitrogens with zero attached hydrogens (tertiary/aromatic N) is 1. The number of hydrogen-bond donors (Lipinski definition) is 1. The van der Waals surface area contributed by atoms with Gasteiger partial charge in [0, 0.05) is 12.6 Å². The molecule has 0 unspecified atom stereocenters. The van der Waals surface area contributed by atoms with Crippen molar-refractivity contribution in [3.63, 3.8) is 0 Å². The van der Waals surface area contributed by atoms with Crippen molar-refractivity contribution >= 4 is 17.7 Å². The number of hydrogen-bond acceptors (Lipinski definition) is 3. The third-order valence-electron chi connectivity index (χ3n) is 4.96. The van der Waals surface area contributed by atoms with Crippen LogP contribution in [0, 0.1) is 17.7 Å². The van der Waals surface area contributed by atoms with E-state index in [0.29, 0.717) is 11.6 Å². The molecular formula is C25H19ClF4N2O2. The first-order valence-corrected chi connectivity index (χ1v) is 10.4. The van der Waals surface area contributed by atoms with Crippen LogP contribution in [0.1, 0.15) is 29.3 Å². The standard InChI is InChI=1S/C25H19ClF4N2O2/c1-2-3-11-34-23(33)32-24(15-17-7-5-4-6-8-17,22-10-9-20(26)16-31-22)18-12-19(25(28,29)30)14-21(27)13-18/h4-10,12-14,16H,11,15H2,1H3,(H,32,33)/t24-/m1/s1. The Kier molecular flexibility index (Phi) is 7.79. The van der Waals surface area contributed by atoms with E-state index in [4.69, 9.17) is 16.3 Å². The second kappa shape index (κ2) is 10.6. The molecule has 0 radical (unpaired) electrons. The zero-order chi connectivity index (χ0) is 24.8. The van der Waals surface area contributed by atoms with Crippen molar-refractivity contribution in [2.24, 2.45) is 0 Å². The fourth-order valence-corrected chi connectivity index (χ4v) is 3.55. The topological polar surface area (TPSA) is 51.2 Å². The Morgan fingerprint density at radius 3 is 2.41 bits per heavy atom. The lowest BCUT2D eigenvalue weighted by Gasteiger charge is -2.35. The van der Waals surface area contributed by atoms with Gasteiger partial charge in [-0.3, -0.25) is 4.98 Å². The van der Waals surface area contributed by atoms with Crippen LogP contribution in [-0.2, 0) is 22.9 Å². The van der Waals surface area contributed by atoms with E-state index in [1.165, 1.54) is 18.3 Å². The molecule has 2 aromatic carbocycles. The van der Waals surface area contributed by atoms with Crippen LogP contribution in [0.15, 0.2) is 66.9 Å². The summed E-state index contributed by atoms with van der Waals surface area (Å²) in [5, 5.41) is 2.90. The van der Waals surface area contributed by atoms with Crippen LogP contribution < -0.4 is 5.32 Å². The number of carbonyl (C=O) groups is 1. The number of alkyl halides is 3. The van der Waals surface area contributed by atoms with Crippen LogP contribution in [0.5, 0.6) is 0 Å². The molecule has 3 rings (SSSR count). The summed E-state index contributed by atoms with van der Waals surface area (Å²) < 4.78 is 60.2. The van der Waals surface area contributed by atoms with E-state index in [0.717, 1.165) is 12.1 Å². The van der Waals surface area contributed by atoms with Gasteiger partial charge in [-0.1, -0.05) is 47.9 Å². The van der Waals surface area contributed by atoms with Crippen molar-refractivity contribution < 1.29 is 27.1 Å². The lowest BCUT2D eigenvalue weighted by molar-refractivity contribution is -0.137. The highest BCUT2D eigenvalue weighted by Gasteiger charge is 2.41. The first-order chi connectivity index (χ1) is 16.1. The molecule has 1 heterocycles. The van der Waals surface area contributed by atoms with Gasteiger partial charge in [0.2, 0.25) is 0 Å². The molecule has 0 bridgehead atoms. The minimum atomic E-state index is -4.82. The highest BCUT2D eigenvalue weighted by molar-refractivity contribution is 6.30. The molecule has 4 nitrogen and oxygen atoms in total. The van der Waals surface area contributed by atoms with Crippen molar-refractivity contribution in [2.45, 2.75) is 25.1 Å². The number of amides is 1. The maximum Gasteiger partial charge on any atom is 0.416 e. The summed E-state index contributed by atoms with van der Waals surface area (Å²) in [4.78, 5) is 17.0. The van der Waals surface area contributed by atoms with Gasteiger partial charge in [0.1, 0.15) is 11.4 Å². The first-order valence-electron chi connectivity index (χ1n) is 10.0. The predicted molar refractivity (Wildman–Crippen MR) is 120 cm³/mol. The van der Waals surface area contributed by atoms with Crippen molar-refractivity contribution in [3.05, 3.63) is 100 Å². The number of rotatable bonds is 6. The molecule has 1 aromatic heterocycles. The van der Waals surface area contributed by atoms with Crippen molar-refractivity contribution in [3.8, 4) is 11.8 Å². The van der Waals surface area contributed by atoms with Crippen LogP contribution in [0.3, 0.4) is 0 Å². The Hall–Kier alpha value is -3.57. The summed E-state index contributed by atoms with van der Waals surface area (Å²) in [6.07, 6.45) is -4.55. The predicted octanol–water partition coefficient (Wildman–Crippen LogP) is 6.13. The van der Waals surface area contributed by atoms with Gasteiger partial charge in [-0.25, -0.2) is 9.18 Å². The third kappa shape index (κ3) is 6.06. The molecule has 0 aliphatic carbocycles. The smallest absolute Gasteiger partial charge is 0.416 e. The Labute approximate surface area is 198 Å². The minimum Gasteiger partial charge on any atom is -0.436 e. The Morgan fingerprint density at radius 2 is 1.79 bits per heavy atom. The van der Waals surface area contributed by atoms with E-state index in [9.17, 15) is 22.4 Å². The fraction of sp³-hybridized carbons (Fsp3) is 0.200. The summed E-state index contributed by atoms with van der Waals surface area (Å²) >= 11 is 5.97. The molecule has 0 aliphatic heterocycles. The van der Waals surface area contributed by atoms with Crippen LogP contribution in [0.2, 0.25) is 5.02 Å². The molecule has 1 amide bonds. The van der Waals surface area contributed by atoms with Gasteiger partial charge >= 0.3 is 12.3 Å². The first kappa shape index (κ1) is 25.1. The molecule has 0 spiro atoms. The number of ether oxygens (including phenoxy) is 1. The van der Waals surface area contributed by atoms with E-state index in [1.807, 2.05) is 0 Å². The van der Waals surface area contributed by atoms with E-state index in [1.54, 1.807) is 37.3 Å². The van der Waals surface area contributed by atoms with Crippen molar-refractivity contribution in [1.29, 1.82) is 0 Å². The minimum absolute atomic E-state index is 0.0578. The van der Waals surface area contributed by atoms with Crippen LogP contribution in [-0.4, -0.2) is 17.7 Å². The van der Waals surface area contributed by atoms with Gasteiger partial charge in [-0.15, -0.1) is 5.92 Å². The Bertz CT molecular complexity index is 1210. The normalized spacial score (nSPS) is 12.8. The van der Waals surface area contributed by atoms with Crippen molar-refractivity contribution in [1.82, 2.24) is 10.3 Å². The zero-order valence-electron chi connectivity index (χ0n) is 17.9. The van der Waals surface area contributed by atoms with E-state index in [2.05, 4.69) is 22.1 Å². The summed E-state index contributed by atoms with van der Waals surface area (Å²) in [5.41, 5.74) is -2.33. The quantitative estimate of drug-likeness (QED) is 0.334. The van der Waals surface area contributed by atoms with Gasteiger partial charge in [0.25, 0.3) is 0 Å². The number of pyridine rings is 1. The lowest BCUT2D eigenvalue weighted by Crippen LogP contribution is -2.49. The SMILES string of the molecule is CC#CCOC(=O)N[C@](Cc1ccccc1)(c1cc(F)cc(C(F)(F)F)c1)c1ccc(Cl)cn1. The Morgan fingerprint density at radius 1 is 1.09 bits per heavy atom. The second-order valence-electron chi connectivity index (χ2n) is 7.28. The number of alkyl carbamates (subject to hydrolysis) is 1. The molecule has 176 valence electrons. The molecule has 1 N–H and O–H groups in total. The van der Waals surface area contributed by atoms with Crippen LogP contribution >= 0.6 is 11.6 Å². The lowest BCUT2D eigenvalue weighted by atomic mass is 9.80. The largest absolute Gasteiger partial charge is 0.436 e. The van der Waals surface area contributed by atoms with Crippen LogP contribution in [0.25, 0.3) is 0 Å². The molecule has 0 saturated heterocycles. The number of benzene rings is 2. The molecule has 34 heavy (non-hydrogen) atoms. The summed E-state index contributed by atoms with van der Waals surface area (Å²) in [7, 11) is 0. The summed E-state index contributed by atoms with van der Waals surface area (Å²) in [6.45, 7) is 1.32. The maximum absolute atomic E-state index is 14.5. The average Bonchev–Trinajstić information content (AvgIpc) is 2.79. The van der Waals surface area contributed by atoms with E-state index in [-0.39, 0.29) is 29.3 Å². The van der Waals surface area contributed by atoms with Crippen LogP contribution in [0.4, 0.5) is 22.4 Å². The second-order valence-corrected chi connectivity index (χ2v) is 7.72. The molecule has 3 aromatic rings. The molecule has 0 aliphatic rings. The number of carbonyl (C=O) groups excluding carboxylic acids is 1. The molecule has 1 atom stereocenters. The van der Waals surface area contributed by atoms with Crippen molar-refractivity contribution in [2.75, 3.05) is 6.61 Å². The monoisotopic (exact) mass is 490 g/mol. The fourth-order valence-electron chi connectivity index (χ4n) is 3.44. The highest BCUT2D eigenvalue weighted by Crippen LogP contribution is 2.38. The summed E-state index contributed by atoms with van der Waals surface area (Å²) in [6, 6.07) is 13.7. The number of nitrogens with one attached hydrogen (secondary N) is 1. The third-order valence-corrected chi connectivity index (χ3v) is 5.19. The average molecular weight is 491 g/mol. The Balaban J connectivity index is 2.25. The van der Waals surface area contributed by atoms with Gasteiger partial charge in [0.15, 0.2) is 6.61 Å². The molecular weight excluding hydrogens is 472 g/mol. The van der Waals surface area contributed by atoms with Gasteiger partial charge in [-0.2, -0.15) is 13.2 Å².